The van der Waals surface area contributed by atoms with E-state index in [-0.39, 0.29) is 5.97 Å². The molecule has 1 rings (SSSR count). The highest BCUT2D eigenvalue weighted by atomic mass is 16.5. The lowest BCUT2D eigenvalue weighted by atomic mass is 10.1. The smallest absolute Gasteiger partial charge is 0.333 e. The molecule has 0 aromatic carbocycles. The average Bonchev–Trinajstić information content (AvgIpc) is 3.01. The molecule has 3 nitrogen and oxygen atoms in total. The minimum Gasteiger partial charge on any atom is -0.461 e. The summed E-state index contributed by atoms with van der Waals surface area (Å²) in [5.41, 5.74) is 0.482. The predicted octanol–water partition coefficient (Wildman–Crippen LogP) is 1.98. The van der Waals surface area contributed by atoms with E-state index in [0.29, 0.717) is 18.2 Å². The maximum absolute atomic E-state index is 11.2. The Morgan fingerprint density at radius 2 is 2.20 bits per heavy atom. The molecular weight excluding hydrogens is 190 g/mol. The third-order valence-corrected chi connectivity index (χ3v) is 2.64. The van der Waals surface area contributed by atoms with Gasteiger partial charge in [-0.25, -0.2) is 4.79 Å². The summed E-state index contributed by atoms with van der Waals surface area (Å²) in [6.07, 6.45) is 3.52. The van der Waals surface area contributed by atoms with E-state index in [1.165, 1.54) is 12.8 Å². The first-order valence-electron chi connectivity index (χ1n) is 5.71. The lowest BCUT2D eigenvalue weighted by molar-refractivity contribution is -0.140. The molecule has 1 saturated heterocycles. The van der Waals surface area contributed by atoms with Crippen LogP contribution in [0.2, 0.25) is 0 Å². The topological polar surface area (TPSA) is 29.3 Å². The van der Waals surface area contributed by atoms with Gasteiger partial charge in [-0.15, -0.1) is 0 Å². The van der Waals surface area contributed by atoms with E-state index >= 15 is 0 Å². The molecule has 1 aliphatic rings. The number of hydrogen-bond donors (Lipinski definition) is 0. The largest absolute Gasteiger partial charge is 0.461 e. The van der Waals surface area contributed by atoms with Gasteiger partial charge >= 0.3 is 5.97 Å². The van der Waals surface area contributed by atoms with E-state index < -0.39 is 0 Å². The van der Waals surface area contributed by atoms with E-state index in [2.05, 4.69) is 18.4 Å². The second kappa shape index (κ2) is 5.91. The summed E-state index contributed by atoms with van der Waals surface area (Å²) >= 11 is 0. The summed E-state index contributed by atoms with van der Waals surface area (Å²) < 4.78 is 5.18. The Hall–Kier alpha value is -0.830. The molecule has 0 radical (unpaired) electrons. The zero-order valence-electron chi connectivity index (χ0n) is 9.79. The SMILES string of the molecule is C=C(C)C(=O)OCC(CCCC)N1CC1. The second-order valence-electron chi connectivity index (χ2n) is 4.21. The van der Waals surface area contributed by atoms with Crippen LogP contribution in [0.4, 0.5) is 0 Å². The third kappa shape index (κ3) is 4.47. The number of esters is 1. The van der Waals surface area contributed by atoms with Crippen molar-refractivity contribution in [1.82, 2.24) is 4.90 Å². The molecule has 15 heavy (non-hydrogen) atoms. The molecule has 1 unspecified atom stereocenters. The molecule has 0 N–H and O–H groups in total. The molecule has 1 heterocycles. The van der Waals surface area contributed by atoms with Gasteiger partial charge in [0.05, 0.1) is 0 Å². The molecule has 0 bridgehead atoms. The van der Waals surface area contributed by atoms with E-state index in [0.717, 1.165) is 19.5 Å². The maximum atomic E-state index is 11.2. The van der Waals surface area contributed by atoms with Crippen molar-refractivity contribution in [3.63, 3.8) is 0 Å². The highest BCUT2D eigenvalue weighted by Gasteiger charge is 2.27. The number of carbonyl (C=O) groups is 1. The summed E-state index contributed by atoms with van der Waals surface area (Å²) in [4.78, 5) is 13.6. The van der Waals surface area contributed by atoms with Gasteiger partial charge in [0.2, 0.25) is 0 Å². The van der Waals surface area contributed by atoms with Crippen molar-refractivity contribution in [3.05, 3.63) is 12.2 Å². The van der Waals surface area contributed by atoms with Crippen LogP contribution in [0.1, 0.15) is 33.1 Å². The Bertz CT molecular complexity index is 234. The van der Waals surface area contributed by atoms with Crippen LogP contribution < -0.4 is 0 Å². The summed E-state index contributed by atoms with van der Waals surface area (Å²) in [6, 6.07) is 0.424. The summed E-state index contributed by atoms with van der Waals surface area (Å²) in [6.45, 7) is 10.3. The van der Waals surface area contributed by atoms with Gasteiger partial charge in [-0.3, -0.25) is 4.90 Å². The van der Waals surface area contributed by atoms with Crippen LogP contribution in [0.3, 0.4) is 0 Å². The van der Waals surface area contributed by atoms with Crippen LogP contribution in [0.25, 0.3) is 0 Å². The molecule has 3 heteroatoms. The van der Waals surface area contributed by atoms with Gasteiger partial charge < -0.3 is 4.74 Å². The zero-order chi connectivity index (χ0) is 11.3. The predicted molar refractivity (Wildman–Crippen MR) is 60.7 cm³/mol. The highest BCUT2D eigenvalue weighted by Crippen LogP contribution is 2.17. The number of rotatable bonds is 7. The molecule has 0 aromatic rings. The first-order chi connectivity index (χ1) is 7.15. The van der Waals surface area contributed by atoms with Crippen LogP contribution in [0.5, 0.6) is 0 Å². The molecule has 0 aromatic heterocycles. The summed E-state index contributed by atoms with van der Waals surface area (Å²) in [5.74, 6) is -0.265. The summed E-state index contributed by atoms with van der Waals surface area (Å²) in [7, 11) is 0. The Labute approximate surface area is 92.1 Å². The number of unbranched alkanes of at least 4 members (excludes halogenated alkanes) is 1. The fourth-order valence-electron chi connectivity index (χ4n) is 1.53. The highest BCUT2D eigenvalue weighted by molar-refractivity contribution is 5.86. The van der Waals surface area contributed by atoms with E-state index in [9.17, 15) is 4.79 Å². The van der Waals surface area contributed by atoms with Crippen molar-refractivity contribution in [1.29, 1.82) is 0 Å². The van der Waals surface area contributed by atoms with E-state index in [4.69, 9.17) is 4.74 Å². The number of carbonyl (C=O) groups excluding carboxylic acids is 1. The molecule has 0 aliphatic carbocycles. The minimum absolute atomic E-state index is 0.265. The molecule has 0 spiro atoms. The number of hydrogen-bond acceptors (Lipinski definition) is 3. The summed E-state index contributed by atoms with van der Waals surface area (Å²) in [5, 5.41) is 0. The van der Waals surface area contributed by atoms with E-state index in [1.54, 1.807) is 6.92 Å². The lowest BCUT2D eigenvalue weighted by Crippen LogP contribution is -2.26. The lowest BCUT2D eigenvalue weighted by Gasteiger charge is -2.17. The monoisotopic (exact) mass is 211 g/mol. The normalized spacial score (nSPS) is 17.2. The molecule has 1 aliphatic heterocycles. The fraction of sp³-hybridized carbons (Fsp3) is 0.750. The van der Waals surface area contributed by atoms with Gasteiger partial charge in [-0.05, 0) is 13.3 Å². The molecule has 0 amide bonds. The van der Waals surface area contributed by atoms with Crippen molar-refractivity contribution in [3.8, 4) is 0 Å². The van der Waals surface area contributed by atoms with Crippen molar-refractivity contribution in [2.45, 2.75) is 39.2 Å². The molecule has 86 valence electrons. The average molecular weight is 211 g/mol. The molecule has 0 saturated carbocycles. The van der Waals surface area contributed by atoms with Gasteiger partial charge in [0.15, 0.2) is 0 Å². The van der Waals surface area contributed by atoms with Gasteiger partial charge in [0.1, 0.15) is 6.61 Å². The minimum atomic E-state index is -0.265. The van der Waals surface area contributed by atoms with Crippen molar-refractivity contribution < 1.29 is 9.53 Å². The van der Waals surface area contributed by atoms with Crippen LogP contribution in [-0.4, -0.2) is 36.6 Å². The van der Waals surface area contributed by atoms with Crippen molar-refractivity contribution in [2.24, 2.45) is 0 Å². The van der Waals surface area contributed by atoms with Crippen LogP contribution in [0, 0.1) is 0 Å². The molecule has 1 fully saturated rings. The Morgan fingerprint density at radius 1 is 1.53 bits per heavy atom. The van der Waals surface area contributed by atoms with Gasteiger partial charge in [-0.2, -0.15) is 0 Å². The van der Waals surface area contributed by atoms with Crippen molar-refractivity contribution >= 4 is 5.97 Å². The first-order valence-corrected chi connectivity index (χ1v) is 5.71. The maximum Gasteiger partial charge on any atom is 0.333 e. The number of nitrogens with zero attached hydrogens (tertiary/aromatic N) is 1. The van der Waals surface area contributed by atoms with Gasteiger partial charge in [-0.1, -0.05) is 26.3 Å². The first kappa shape index (κ1) is 12.2. The van der Waals surface area contributed by atoms with Crippen LogP contribution in [0.15, 0.2) is 12.2 Å². The number of ether oxygens (including phenoxy) is 1. The zero-order valence-corrected chi connectivity index (χ0v) is 9.79. The van der Waals surface area contributed by atoms with E-state index in [1.807, 2.05) is 0 Å². The quantitative estimate of drug-likeness (QED) is 0.366. The molecular formula is C12H21NO2. The standard InChI is InChI=1S/C12H21NO2/c1-4-5-6-11(13-7-8-13)9-15-12(14)10(2)3/h11H,2,4-9H2,1,3H3. The Kier molecular flexibility index (Phi) is 4.82. The Morgan fingerprint density at radius 3 is 2.67 bits per heavy atom. The Balaban J connectivity index is 2.25. The van der Waals surface area contributed by atoms with Crippen molar-refractivity contribution in [2.75, 3.05) is 19.7 Å². The van der Waals surface area contributed by atoms with Crippen LogP contribution >= 0.6 is 0 Å². The van der Waals surface area contributed by atoms with Crippen LogP contribution in [-0.2, 0) is 9.53 Å². The fourth-order valence-corrected chi connectivity index (χ4v) is 1.53. The molecule has 1 atom stereocenters. The third-order valence-electron chi connectivity index (χ3n) is 2.64. The van der Waals surface area contributed by atoms with Gasteiger partial charge in [0.25, 0.3) is 0 Å². The van der Waals surface area contributed by atoms with Gasteiger partial charge in [0, 0.05) is 24.7 Å². The second-order valence-corrected chi connectivity index (χ2v) is 4.21.